The molecule has 0 spiro atoms. The summed E-state index contributed by atoms with van der Waals surface area (Å²) in [6, 6.07) is 0. The van der Waals surface area contributed by atoms with Crippen LogP contribution in [-0.2, 0) is 14.9 Å². The van der Waals surface area contributed by atoms with Crippen molar-refractivity contribution in [3.63, 3.8) is 0 Å². The summed E-state index contributed by atoms with van der Waals surface area (Å²) in [5.41, 5.74) is 1.43. The second kappa shape index (κ2) is 4.30. The summed E-state index contributed by atoms with van der Waals surface area (Å²) in [4.78, 5) is 17.0. The molecule has 1 aromatic rings. The Morgan fingerprint density at radius 1 is 1.25 bits per heavy atom. The third kappa shape index (κ3) is 1.77. The van der Waals surface area contributed by atoms with E-state index in [9.17, 15) is 4.79 Å². The maximum atomic E-state index is 12.1. The zero-order chi connectivity index (χ0) is 13.8. The van der Waals surface area contributed by atoms with Gasteiger partial charge in [-0.2, -0.15) is 0 Å². The van der Waals surface area contributed by atoms with Gasteiger partial charge in [-0.25, -0.2) is 4.98 Å². The number of methoxy groups -OCH3 is 1. The number of hydrogen-bond donors (Lipinski definition) is 0. The van der Waals surface area contributed by atoms with Crippen LogP contribution in [-0.4, -0.2) is 18.1 Å². The Morgan fingerprint density at radius 2 is 1.90 bits per heavy atom. The van der Waals surface area contributed by atoms with Gasteiger partial charge in [-0.1, -0.05) is 0 Å². The number of fused-ring (bicyclic) bond motifs is 3. The highest BCUT2D eigenvalue weighted by Gasteiger charge is 2.54. The molecule has 1 heterocycles. The van der Waals surface area contributed by atoms with Crippen LogP contribution < -0.4 is 0 Å². The Labute approximate surface area is 123 Å². The van der Waals surface area contributed by atoms with Crippen LogP contribution in [0.1, 0.15) is 68.0 Å². The average Bonchev–Trinajstić information content (AvgIpc) is 3.25. The third-order valence-electron chi connectivity index (χ3n) is 5.84. The normalized spacial score (nSPS) is 36.0. The van der Waals surface area contributed by atoms with Crippen LogP contribution in [0.4, 0.5) is 0 Å². The Morgan fingerprint density at radius 3 is 2.45 bits per heavy atom. The second-order valence-electron chi connectivity index (χ2n) is 6.90. The first-order valence-electron chi connectivity index (χ1n) is 7.72. The summed E-state index contributed by atoms with van der Waals surface area (Å²) >= 11 is 1.86. The van der Waals surface area contributed by atoms with Gasteiger partial charge >= 0.3 is 5.97 Å². The van der Waals surface area contributed by atoms with Crippen molar-refractivity contribution in [2.75, 3.05) is 7.11 Å². The summed E-state index contributed by atoms with van der Waals surface area (Å²) in [6.07, 6.45) is 8.93. The van der Waals surface area contributed by atoms with Gasteiger partial charge in [0.2, 0.25) is 0 Å². The summed E-state index contributed by atoms with van der Waals surface area (Å²) < 4.78 is 5.04. The average molecular weight is 291 g/mol. The lowest BCUT2D eigenvalue weighted by atomic mass is 9.54. The fourth-order valence-electron chi connectivity index (χ4n) is 4.13. The first-order chi connectivity index (χ1) is 9.67. The molecule has 1 aromatic heterocycles. The Bertz CT molecular complexity index is 522. The highest BCUT2D eigenvalue weighted by Crippen LogP contribution is 2.58. The van der Waals surface area contributed by atoms with Gasteiger partial charge < -0.3 is 4.74 Å². The van der Waals surface area contributed by atoms with E-state index >= 15 is 0 Å². The zero-order valence-electron chi connectivity index (χ0n) is 12.0. The first-order valence-corrected chi connectivity index (χ1v) is 8.60. The van der Waals surface area contributed by atoms with Gasteiger partial charge in [-0.3, -0.25) is 4.79 Å². The molecule has 0 aliphatic heterocycles. The number of aromatic nitrogens is 1. The van der Waals surface area contributed by atoms with E-state index in [1.165, 1.54) is 30.7 Å². The highest BCUT2D eigenvalue weighted by atomic mass is 32.1. The van der Waals surface area contributed by atoms with Gasteiger partial charge in [0.15, 0.2) is 0 Å². The van der Waals surface area contributed by atoms with Crippen LogP contribution in [0.2, 0.25) is 0 Å². The highest BCUT2D eigenvalue weighted by molar-refractivity contribution is 7.09. The summed E-state index contributed by atoms with van der Waals surface area (Å²) in [6.45, 7) is 0. The number of hydrogen-bond acceptors (Lipinski definition) is 4. The molecule has 4 fully saturated rings. The van der Waals surface area contributed by atoms with Crippen molar-refractivity contribution in [2.24, 2.45) is 5.41 Å². The monoisotopic (exact) mass is 291 g/mol. The van der Waals surface area contributed by atoms with Gasteiger partial charge in [0.1, 0.15) is 0 Å². The van der Waals surface area contributed by atoms with Crippen LogP contribution in [0.25, 0.3) is 0 Å². The molecule has 0 saturated heterocycles. The summed E-state index contributed by atoms with van der Waals surface area (Å²) in [5, 5.41) is 3.62. The molecule has 108 valence electrons. The van der Waals surface area contributed by atoms with Gasteiger partial charge in [-0.05, 0) is 51.4 Å². The molecule has 0 unspecified atom stereocenters. The van der Waals surface area contributed by atoms with E-state index in [0.29, 0.717) is 0 Å². The molecule has 2 bridgehead atoms. The minimum absolute atomic E-state index is 0.0172. The number of carbonyl (C=O) groups excluding carboxylic acids is 1. The standard InChI is InChI=1S/C16H21NO2S/c1-19-14(18)16-7-4-15(5-8-16,6-9-16)13-17-12(10-20-13)11-2-3-11/h10-11H,2-9H2,1H3. The smallest absolute Gasteiger partial charge is 0.311 e. The van der Waals surface area contributed by atoms with Crippen LogP contribution in [0.3, 0.4) is 0 Å². The summed E-state index contributed by atoms with van der Waals surface area (Å²) in [5.74, 6) is 0.765. The van der Waals surface area contributed by atoms with E-state index in [-0.39, 0.29) is 16.8 Å². The fraction of sp³-hybridized carbons (Fsp3) is 0.750. The molecule has 4 aliphatic carbocycles. The molecule has 0 radical (unpaired) electrons. The van der Waals surface area contributed by atoms with Crippen LogP contribution in [0, 0.1) is 5.41 Å². The SMILES string of the molecule is COC(=O)C12CCC(c3nc(C4CC4)cs3)(CC1)CC2. The Balaban J connectivity index is 1.57. The molecule has 5 rings (SSSR count). The lowest BCUT2D eigenvalue weighted by molar-refractivity contribution is -0.160. The topological polar surface area (TPSA) is 39.2 Å². The number of ether oxygens (including phenoxy) is 1. The van der Waals surface area contributed by atoms with E-state index in [4.69, 9.17) is 9.72 Å². The molecule has 0 amide bonds. The molecule has 0 aromatic carbocycles. The number of esters is 1. The van der Waals surface area contributed by atoms with Crippen molar-refractivity contribution >= 4 is 17.3 Å². The van der Waals surface area contributed by atoms with E-state index < -0.39 is 0 Å². The largest absolute Gasteiger partial charge is 0.469 e. The second-order valence-corrected chi connectivity index (χ2v) is 7.76. The maximum Gasteiger partial charge on any atom is 0.311 e. The fourth-order valence-corrected chi connectivity index (χ4v) is 5.32. The molecular formula is C16H21NO2S. The quantitative estimate of drug-likeness (QED) is 0.795. The molecular weight excluding hydrogens is 270 g/mol. The van der Waals surface area contributed by atoms with Crippen molar-refractivity contribution in [3.05, 3.63) is 16.1 Å². The molecule has 4 saturated carbocycles. The Hall–Kier alpha value is -0.900. The van der Waals surface area contributed by atoms with Crippen LogP contribution >= 0.6 is 11.3 Å². The van der Waals surface area contributed by atoms with Gasteiger partial charge in [0.05, 0.1) is 23.2 Å². The predicted octanol–water partition coefficient (Wildman–Crippen LogP) is 3.79. The van der Waals surface area contributed by atoms with Crippen LogP contribution in [0.15, 0.2) is 5.38 Å². The zero-order valence-corrected chi connectivity index (χ0v) is 12.8. The van der Waals surface area contributed by atoms with E-state index in [0.717, 1.165) is 44.4 Å². The first kappa shape index (κ1) is 12.8. The van der Waals surface area contributed by atoms with E-state index in [1.54, 1.807) is 0 Å². The maximum absolute atomic E-state index is 12.1. The van der Waals surface area contributed by atoms with Crippen molar-refractivity contribution in [2.45, 2.75) is 62.7 Å². The predicted molar refractivity (Wildman–Crippen MR) is 77.9 cm³/mol. The molecule has 0 atom stereocenters. The number of nitrogens with zero attached hydrogens (tertiary/aromatic N) is 1. The number of carbonyl (C=O) groups is 1. The van der Waals surface area contributed by atoms with Gasteiger partial charge in [-0.15, -0.1) is 11.3 Å². The lowest BCUT2D eigenvalue weighted by Crippen LogP contribution is -2.48. The van der Waals surface area contributed by atoms with Gasteiger partial charge in [0.25, 0.3) is 0 Å². The summed E-state index contributed by atoms with van der Waals surface area (Å²) in [7, 11) is 1.52. The van der Waals surface area contributed by atoms with Crippen LogP contribution in [0.5, 0.6) is 0 Å². The minimum Gasteiger partial charge on any atom is -0.469 e. The molecule has 4 aliphatic rings. The number of thiazole rings is 1. The molecule has 3 nitrogen and oxygen atoms in total. The van der Waals surface area contributed by atoms with Gasteiger partial charge in [0, 0.05) is 16.7 Å². The van der Waals surface area contributed by atoms with Crippen molar-refractivity contribution in [1.82, 2.24) is 4.98 Å². The third-order valence-corrected chi connectivity index (χ3v) is 6.94. The molecule has 20 heavy (non-hydrogen) atoms. The number of rotatable bonds is 3. The lowest BCUT2D eigenvalue weighted by Gasteiger charge is -2.50. The minimum atomic E-state index is -0.174. The van der Waals surface area contributed by atoms with E-state index in [1.807, 2.05) is 11.3 Å². The van der Waals surface area contributed by atoms with E-state index in [2.05, 4.69) is 5.38 Å². The Kier molecular flexibility index (Phi) is 2.75. The van der Waals surface area contributed by atoms with Crippen molar-refractivity contribution in [1.29, 1.82) is 0 Å². The molecule has 0 N–H and O–H groups in total. The van der Waals surface area contributed by atoms with Crippen molar-refractivity contribution < 1.29 is 9.53 Å². The molecule has 4 heteroatoms. The van der Waals surface area contributed by atoms with Crippen molar-refractivity contribution in [3.8, 4) is 0 Å².